The lowest BCUT2D eigenvalue weighted by Gasteiger charge is -2.04. The lowest BCUT2D eigenvalue weighted by molar-refractivity contribution is 0.103. The Bertz CT molecular complexity index is 642. The summed E-state index contributed by atoms with van der Waals surface area (Å²) in [7, 11) is 0. The van der Waals surface area contributed by atoms with Crippen molar-refractivity contribution in [2.24, 2.45) is 0 Å². The molecule has 0 saturated carbocycles. The van der Waals surface area contributed by atoms with Gasteiger partial charge in [0.05, 0.1) is 17.0 Å². The van der Waals surface area contributed by atoms with Crippen molar-refractivity contribution in [1.82, 2.24) is 4.98 Å². The summed E-state index contributed by atoms with van der Waals surface area (Å²) in [6.45, 7) is 1.98. The van der Waals surface area contributed by atoms with Gasteiger partial charge in [0.2, 0.25) is 5.78 Å². The van der Waals surface area contributed by atoms with E-state index in [1.165, 1.54) is 0 Å². The highest BCUT2D eigenvalue weighted by molar-refractivity contribution is 6.18. The minimum Gasteiger partial charge on any atom is -0.350 e. The molecule has 0 bridgehead atoms. The fraction of sp³-hybridized carbons (Fsp3) is 0.0769. The number of H-pyrrole nitrogens is 1. The Kier molecular flexibility index (Phi) is 1.58. The van der Waals surface area contributed by atoms with Crippen LogP contribution in [0.4, 0.5) is 0 Å². The van der Waals surface area contributed by atoms with E-state index in [1.54, 1.807) is 12.1 Å². The fourth-order valence-electron chi connectivity index (χ4n) is 1.82. The normalized spacial score (nSPS) is 11.0. The van der Waals surface area contributed by atoms with E-state index in [0.29, 0.717) is 16.8 Å². The van der Waals surface area contributed by atoms with E-state index in [0.717, 1.165) is 16.8 Å². The van der Waals surface area contributed by atoms with Crippen LogP contribution < -0.4 is 0 Å². The Morgan fingerprint density at radius 1 is 1.31 bits per heavy atom. The van der Waals surface area contributed by atoms with Crippen LogP contribution in [0.5, 0.6) is 0 Å². The van der Waals surface area contributed by atoms with Crippen LogP contribution in [0.3, 0.4) is 0 Å². The van der Waals surface area contributed by atoms with E-state index in [-0.39, 0.29) is 5.78 Å². The summed E-state index contributed by atoms with van der Waals surface area (Å²) in [6.07, 6.45) is 0. The number of benzene rings is 1. The zero-order chi connectivity index (χ0) is 11.3. The van der Waals surface area contributed by atoms with Crippen LogP contribution in [0.2, 0.25) is 0 Å². The number of nitrogens with one attached hydrogen (secondary N) is 1. The molecule has 1 aliphatic heterocycles. The molecule has 1 heterocycles. The van der Waals surface area contributed by atoms with Crippen LogP contribution in [0, 0.1) is 18.3 Å². The number of aryl methyl sites for hydroxylation is 1. The summed E-state index contributed by atoms with van der Waals surface area (Å²) >= 11 is 0. The number of aromatic nitrogens is 1. The first-order valence-corrected chi connectivity index (χ1v) is 5.00. The molecule has 1 aromatic rings. The summed E-state index contributed by atoms with van der Waals surface area (Å²) in [4.78, 5) is 14.9. The topological polar surface area (TPSA) is 56.6 Å². The first kappa shape index (κ1) is 8.93. The molecule has 3 heteroatoms. The quantitative estimate of drug-likeness (QED) is 0.657. The predicted molar refractivity (Wildman–Crippen MR) is 59.1 cm³/mol. The number of carbonyl (C=O) groups is 1. The molecule has 0 saturated heterocycles. The second-order valence-electron chi connectivity index (χ2n) is 3.93. The number of rotatable bonds is 2. The van der Waals surface area contributed by atoms with Crippen LogP contribution >= 0.6 is 0 Å². The summed E-state index contributed by atoms with van der Waals surface area (Å²) in [5.41, 5.74) is 4.65. The Labute approximate surface area is 92.3 Å². The van der Waals surface area contributed by atoms with E-state index in [2.05, 4.69) is 11.1 Å². The van der Waals surface area contributed by atoms with Gasteiger partial charge in [-0.15, -0.1) is 0 Å². The molecular formula is C13H8N2O. The first-order chi connectivity index (χ1) is 7.72. The zero-order valence-electron chi connectivity index (χ0n) is 8.66. The zero-order valence-corrected chi connectivity index (χ0v) is 8.66. The Morgan fingerprint density at radius 2 is 2.00 bits per heavy atom. The van der Waals surface area contributed by atoms with Crippen LogP contribution in [0.25, 0.3) is 11.3 Å². The molecule has 0 amide bonds. The number of carbonyl (C=O) groups excluding carboxylic acids is 1. The predicted octanol–water partition coefficient (Wildman–Crippen LogP) is 2.41. The number of hydrogen-bond acceptors (Lipinski definition) is 2. The van der Waals surface area contributed by atoms with Gasteiger partial charge in [0.1, 0.15) is 6.07 Å². The third kappa shape index (κ3) is 1.04. The molecule has 2 aliphatic rings. The maximum absolute atomic E-state index is 12.0. The molecule has 0 fully saturated rings. The highest BCUT2D eigenvalue weighted by Gasteiger charge is 2.37. The third-order valence-corrected chi connectivity index (χ3v) is 2.84. The second kappa shape index (κ2) is 2.83. The Balaban J connectivity index is 1.95. The van der Waals surface area contributed by atoms with Crippen LogP contribution in [0.15, 0.2) is 24.3 Å². The van der Waals surface area contributed by atoms with Gasteiger partial charge in [-0.2, -0.15) is 5.26 Å². The molecule has 1 N–H and O–H groups in total. The lowest BCUT2D eigenvalue weighted by Crippen LogP contribution is -2.06. The smallest absolute Gasteiger partial charge is 0.209 e. The average Bonchev–Trinajstić information content (AvgIpc) is 2.83. The van der Waals surface area contributed by atoms with Crippen molar-refractivity contribution in [2.75, 3.05) is 0 Å². The van der Waals surface area contributed by atoms with Gasteiger partial charge in [-0.3, -0.25) is 4.79 Å². The fourth-order valence-corrected chi connectivity index (χ4v) is 1.82. The summed E-state index contributed by atoms with van der Waals surface area (Å²) in [6, 6.07) is 9.48. The molecule has 0 unspecified atom stereocenters. The minimum atomic E-state index is -0.0380. The number of fused-ring (bicyclic) bond motifs is 1. The molecule has 0 radical (unpaired) electrons. The number of nitrogens with zero attached hydrogens (tertiary/aromatic N) is 1. The van der Waals surface area contributed by atoms with Crippen molar-refractivity contribution < 1.29 is 4.79 Å². The third-order valence-electron chi connectivity index (χ3n) is 2.84. The monoisotopic (exact) mass is 208 g/mol. The molecule has 3 nitrogen and oxygen atoms in total. The summed E-state index contributed by atoms with van der Waals surface area (Å²) in [5.74, 6) is -0.0380. The average molecular weight is 208 g/mol. The Morgan fingerprint density at radius 3 is 2.56 bits per heavy atom. The van der Waals surface area contributed by atoms with Crippen LogP contribution in [-0.4, -0.2) is 10.8 Å². The van der Waals surface area contributed by atoms with Gasteiger partial charge < -0.3 is 4.98 Å². The van der Waals surface area contributed by atoms with Gasteiger partial charge >= 0.3 is 0 Å². The minimum absolute atomic E-state index is 0.0380. The van der Waals surface area contributed by atoms with Gasteiger partial charge in [0, 0.05) is 11.1 Å². The van der Waals surface area contributed by atoms with Crippen LogP contribution in [0.1, 0.15) is 27.2 Å². The first-order valence-electron chi connectivity index (χ1n) is 5.00. The number of ketones is 1. The molecule has 3 rings (SSSR count). The second-order valence-corrected chi connectivity index (χ2v) is 3.93. The van der Waals surface area contributed by atoms with Gasteiger partial charge in [-0.25, -0.2) is 0 Å². The van der Waals surface area contributed by atoms with E-state index < -0.39 is 0 Å². The van der Waals surface area contributed by atoms with E-state index >= 15 is 0 Å². The van der Waals surface area contributed by atoms with Crippen molar-refractivity contribution in [2.45, 2.75) is 6.92 Å². The summed E-state index contributed by atoms with van der Waals surface area (Å²) in [5, 5.41) is 8.70. The van der Waals surface area contributed by atoms with Crippen molar-refractivity contribution in [3.05, 3.63) is 46.6 Å². The highest BCUT2D eigenvalue weighted by Crippen LogP contribution is 2.46. The number of hydrogen-bond donors (Lipinski definition) is 1. The molecule has 1 aromatic carbocycles. The molecule has 76 valence electrons. The molecule has 0 spiro atoms. The van der Waals surface area contributed by atoms with Gasteiger partial charge in [-0.05, 0) is 6.92 Å². The van der Waals surface area contributed by atoms with Crippen LogP contribution in [-0.2, 0) is 0 Å². The molecule has 1 aliphatic carbocycles. The van der Waals surface area contributed by atoms with E-state index in [9.17, 15) is 4.79 Å². The maximum Gasteiger partial charge on any atom is 0.209 e. The number of aromatic amines is 1. The van der Waals surface area contributed by atoms with Crippen molar-refractivity contribution in [3.8, 4) is 17.3 Å². The molecule has 0 atom stereocenters. The summed E-state index contributed by atoms with van der Waals surface area (Å²) < 4.78 is 0. The maximum atomic E-state index is 12.0. The number of nitriles is 1. The lowest BCUT2D eigenvalue weighted by atomic mass is 10.0. The van der Waals surface area contributed by atoms with Gasteiger partial charge in [-0.1, -0.05) is 29.8 Å². The van der Waals surface area contributed by atoms with Crippen molar-refractivity contribution in [1.29, 1.82) is 5.26 Å². The molecular weight excluding hydrogens is 200 g/mol. The van der Waals surface area contributed by atoms with E-state index in [1.807, 2.05) is 19.1 Å². The van der Waals surface area contributed by atoms with E-state index in [4.69, 9.17) is 5.26 Å². The van der Waals surface area contributed by atoms with Gasteiger partial charge in [0.25, 0.3) is 0 Å². The highest BCUT2D eigenvalue weighted by atomic mass is 16.1. The molecule has 16 heavy (non-hydrogen) atoms. The Hall–Kier alpha value is -2.34. The molecule has 0 aromatic heterocycles. The SMILES string of the molecule is Cc1ccc(C(=O)c2[nH]c3c(C#N)c2-3)cc1. The largest absolute Gasteiger partial charge is 0.350 e. The van der Waals surface area contributed by atoms with Crippen molar-refractivity contribution >= 4 is 5.78 Å². The van der Waals surface area contributed by atoms with Crippen molar-refractivity contribution in [3.63, 3.8) is 0 Å². The standard InChI is InChI=1S/C13H8N2O/c1-7-2-4-8(5-3-7)13(16)12-10-9(6-14)11(10)15-12/h2-5,15H,1H3. The van der Waals surface area contributed by atoms with Gasteiger partial charge in [0.15, 0.2) is 0 Å².